The van der Waals surface area contributed by atoms with Crippen molar-refractivity contribution in [3.8, 4) is 11.5 Å². The molecule has 2 aliphatic heterocycles. The van der Waals surface area contributed by atoms with Crippen molar-refractivity contribution in [3.05, 3.63) is 53.6 Å². The number of amides is 2. The Morgan fingerprint density at radius 3 is 2.48 bits per heavy atom. The zero-order valence-corrected chi connectivity index (χ0v) is 16.9. The van der Waals surface area contributed by atoms with E-state index >= 15 is 0 Å². The molecule has 29 heavy (non-hydrogen) atoms. The molecule has 1 saturated heterocycles. The lowest BCUT2D eigenvalue weighted by Crippen LogP contribution is -2.34. The average molecular weight is 394 g/mol. The van der Waals surface area contributed by atoms with Gasteiger partial charge < -0.3 is 19.3 Å². The second-order valence-corrected chi connectivity index (χ2v) is 7.60. The highest BCUT2D eigenvalue weighted by Crippen LogP contribution is 2.36. The maximum atomic E-state index is 12.9. The summed E-state index contributed by atoms with van der Waals surface area (Å²) in [6.07, 6.45) is 1.22. The zero-order valence-electron chi connectivity index (χ0n) is 16.9. The summed E-state index contributed by atoms with van der Waals surface area (Å²) in [6, 6.07) is 13.8. The molecule has 2 heterocycles. The van der Waals surface area contributed by atoms with E-state index in [9.17, 15) is 9.59 Å². The van der Waals surface area contributed by atoms with Gasteiger partial charge in [0.05, 0.1) is 5.92 Å². The van der Waals surface area contributed by atoms with E-state index in [1.54, 1.807) is 16.8 Å². The van der Waals surface area contributed by atoms with E-state index in [-0.39, 0.29) is 24.2 Å². The van der Waals surface area contributed by atoms with E-state index in [0.717, 1.165) is 17.7 Å². The van der Waals surface area contributed by atoms with Gasteiger partial charge in [-0.1, -0.05) is 31.2 Å². The molecule has 0 bridgehead atoms. The van der Waals surface area contributed by atoms with Crippen molar-refractivity contribution in [3.63, 3.8) is 0 Å². The Balaban J connectivity index is 1.42. The minimum atomic E-state index is -0.337. The van der Waals surface area contributed by atoms with Gasteiger partial charge in [-0.05, 0) is 29.7 Å². The van der Waals surface area contributed by atoms with Crippen LogP contribution in [-0.2, 0) is 22.6 Å². The minimum absolute atomic E-state index is 0.00189. The Morgan fingerprint density at radius 2 is 1.76 bits per heavy atom. The number of carbonyl (C=O) groups excluding carboxylic acids is 2. The molecule has 4 rings (SSSR count). The van der Waals surface area contributed by atoms with Gasteiger partial charge in [-0.2, -0.15) is 0 Å². The van der Waals surface area contributed by atoms with Gasteiger partial charge in [-0.25, -0.2) is 0 Å². The molecule has 0 spiro atoms. The number of carbonyl (C=O) groups is 2. The Bertz CT molecular complexity index is 910. The number of hydrogen-bond donors (Lipinski definition) is 0. The fourth-order valence-corrected chi connectivity index (χ4v) is 3.87. The number of hydrogen-bond acceptors (Lipinski definition) is 4. The van der Waals surface area contributed by atoms with E-state index in [1.165, 1.54) is 5.56 Å². The molecule has 2 aliphatic rings. The van der Waals surface area contributed by atoms with Gasteiger partial charge in [0.2, 0.25) is 11.8 Å². The topological polar surface area (TPSA) is 59.1 Å². The summed E-state index contributed by atoms with van der Waals surface area (Å²) in [5, 5.41) is 0. The van der Waals surface area contributed by atoms with Gasteiger partial charge in [-0.15, -0.1) is 0 Å². The molecule has 0 aromatic heterocycles. The van der Waals surface area contributed by atoms with Crippen molar-refractivity contribution < 1.29 is 19.1 Å². The quantitative estimate of drug-likeness (QED) is 0.782. The summed E-state index contributed by atoms with van der Waals surface area (Å²) in [7, 11) is 1.80. The molecule has 1 fully saturated rings. The second-order valence-electron chi connectivity index (χ2n) is 7.60. The van der Waals surface area contributed by atoms with Crippen molar-refractivity contribution in [2.24, 2.45) is 5.92 Å². The smallest absolute Gasteiger partial charge is 0.228 e. The number of benzene rings is 2. The van der Waals surface area contributed by atoms with Gasteiger partial charge in [0.1, 0.15) is 13.2 Å². The van der Waals surface area contributed by atoms with Crippen LogP contribution in [0.15, 0.2) is 42.5 Å². The highest BCUT2D eigenvalue weighted by atomic mass is 16.6. The molecule has 2 amide bonds. The molecule has 6 nitrogen and oxygen atoms in total. The van der Waals surface area contributed by atoms with Crippen LogP contribution < -0.4 is 14.4 Å². The van der Waals surface area contributed by atoms with Gasteiger partial charge >= 0.3 is 0 Å². The molecule has 0 N–H and O–H groups in total. The Morgan fingerprint density at radius 1 is 1.07 bits per heavy atom. The van der Waals surface area contributed by atoms with E-state index < -0.39 is 0 Å². The molecule has 0 aliphatic carbocycles. The highest BCUT2D eigenvalue weighted by molar-refractivity contribution is 6.00. The van der Waals surface area contributed by atoms with Crippen LogP contribution in [0, 0.1) is 5.92 Å². The van der Waals surface area contributed by atoms with Crippen molar-refractivity contribution in [2.45, 2.75) is 26.3 Å². The van der Waals surface area contributed by atoms with E-state index in [1.807, 2.05) is 18.2 Å². The molecule has 152 valence electrons. The number of rotatable bonds is 5. The summed E-state index contributed by atoms with van der Waals surface area (Å²) in [4.78, 5) is 28.9. The Hall–Kier alpha value is -3.02. The van der Waals surface area contributed by atoms with E-state index in [0.29, 0.717) is 37.8 Å². The number of fused-ring (bicyclic) bond motifs is 1. The molecular weight excluding hydrogens is 368 g/mol. The predicted octanol–water partition coefficient (Wildman–Crippen LogP) is 3.03. The first-order valence-electron chi connectivity index (χ1n) is 10.1. The first kappa shape index (κ1) is 19.3. The van der Waals surface area contributed by atoms with Crippen LogP contribution in [0.1, 0.15) is 24.5 Å². The third kappa shape index (κ3) is 4.06. The lowest BCUT2D eigenvalue weighted by molar-refractivity contribution is -0.135. The van der Waals surface area contributed by atoms with Gasteiger partial charge in [-0.3, -0.25) is 9.59 Å². The largest absolute Gasteiger partial charge is 0.486 e. The summed E-state index contributed by atoms with van der Waals surface area (Å²) in [5.74, 6) is 0.950. The molecule has 0 saturated carbocycles. The number of anilines is 1. The Kier molecular flexibility index (Phi) is 5.43. The molecule has 6 heteroatoms. The first-order valence-corrected chi connectivity index (χ1v) is 10.1. The van der Waals surface area contributed by atoms with Gasteiger partial charge in [0.15, 0.2) is 11.5 Å². The third-order valence-corrected chi connectivity index (χ3v) is 5.54. The van der Waals surface area contributed by atoms with Crippen LogP contribution in [0.5, 0.6) is 11.5 Å². The monoisotopic (exact) mass is 394 g/mol. The standard InChI is InChI=1S/C23H26N2O4/c1-3-16-4-6-17(7-5-16)14-24(2)23(27)18-12-22(26)25(15-18)19-8-9-20-21(13-19)29-11-10-28-20/h4-9,13,18H,3,10-12,14-15H2,1-2H3/t18-/m0/s1. The number of aryl methyl sites for hydroxylation is 1. The molecule has 2 aromatic carbocycles. The lowest BCUT2D eigenvalue weighted by Gasteiger charge is -2.23. The minimum Gasteiger partial charge on any atom is -0.486 e. The Labute approximate surface area is 171 Å². The SMILES string of the molecule is CCc1ccc(CN(C)C(=O)[C@H]2CC(=O)N(c3ccc4c(c3)OCCO4)C2)cc1. The number of nitrogens with zero attached hydrogens (tertiary/aromatic N) is 2. The summed E-state index contributed by atoms with van der Waals surface area (Å²) in [5.41, 5.74) is 3.11. The molecule has 1 atom stereocenters. The first-order chi connectivity index (χ1) is 14.0. The number of ether oxygens (including phenoxy) is 2. The average Bonchev–Trinajstić information content (AvgIpc) is 3.15. The summed E-state index contributed by atoms with van der Waals surface area (Å²) >= 11 is 0. The highest BCUT2D eigenvalue weighted by Gasteiger charge is 2.36. The fraction of sp³-hybridized carbons (Fsp3) is 0.391. The van der Waals surface area contributed by atoms with E-state index in [2.05, 4.69) is 31.2 Å². The lowest BCUT2D eigenvalue weighted by atomic mass is 10.1. The summed E-state index contributed by atoms with van der Waals surface area (Å²) < 4.78 is 11.2. The van der Waals surface area contributed by atoms with Crippen LogP contribution >= 0.6 is 0 Å². The normalized spacial score (nSPS) is 18.1. The van der Waals surface area contributed by atoms with Crippen molar-refractivity contribution in [1.29, 1.82) is 0 Å². The predicted molar refractivity (Wildman–Crippen MR) is 110 cm³/mol. The van der Waals surface area contributed by atoms with Crippen LogP contribution in [0.2, 0.25) is 0 Å². The zero-order chi connectivity index (χ0) is 20.4. The maximum Gasteiger partial charge on any atom is 0.228 e. The van der Waals surface area contributed by atoms with Crippen molar-refractivity contribution >= 4 is 17.5 Å². The van der Waals surface area contributed by atoms with Crippen molar-refractivity contribution in [1.82, 2.24) is 4.90 Å². The third-order valence-electron chi connectivity index (χ3n) is 5.54. The second kappa shape index (κ2) is 8.15. The summed E-state index contributed by atoms with van der Waals surface area (Å²) in [6.45, 7) is 4.07. The van der Waals surface area contributed by atoms with E-state index in [4.69, 9.17) is 9.47 Å². The van der Waals surface area contributed by atoms with Gasteiger partial charge in [0, 0.05) is 38.3 Å². The van der Waals surface area contributed by atoms with Crippen LogP contribution in [0.3, 0.4) is 0 Å². The maximum absolute atomic E-state index is 12.9. The molecule has 0 unspecified atom stereocenters. The molecule has 0 radical (unpaired) electrons. The molecular formula is C23H26N2O4. The van der Waals surface area contributed by atoms with Crippen LogP contribution in [0.25, 0.3) is 0 Å². The van der Waals surface area contributed by atoms with Crippen LogP contribution in [-0.4, -0.2) is 43.5 Å². The van der Waals surface area contributed by atoms with Gasteiger partial charge in [0.25, 0.3) is 0 Å². The van der Waals surface area contributed by atoms with Crippen molar-refractivity contribution in [2.75, 3.05) is 31.7 Å². The molecule has 2 aromatic rings. The van der Waals surface area contributed by atoms with Crippen LogP contribution in [0.4, 0.5) is 5.69 Å². The fourth-order valence-electron chi connectivity index (χ4n) is 3.87.